The molecule has 1 N–H and O–H groups in total. The maximum absolute atomic E-state index is 8.22. The van der Waals surface area contributed by atoms with E-state index in [-0.39, 0.29) is 39.3 Å². The van der Waals surface area contributed by atoms with Crippen molar-refractivity contribution in [1.82, 2.24) is 0 Å². The molecule has 0 bridgehead atoms. The second kappa shape index (κ2) is 12.8. The van der Waals surface area contributed by atoms with Crippen molar-refractivity contribution in [3.8, 4) is 11.8 Å². The van der Waals surface area contributed by atoms with Gasteiger partial charge < -0.3 is 23.3 Å². The van der Waals surface area contributed by atoms with E-state index in [0.29, 0.717) is 0 Å². The molecule has 0 fully saturated rings. The Bertz CT molecular complexity index is 172. The maximum atomic E-state index is 8.22. The first-order valence-corrected chi connectivity index (χ1v) is 3.14. The molecule has 0 rings (SSSR count). The summed E-state index contributed by atoms with van der Waals surface area (Å²) in [6, 6.07) is 0. The molecule has 0 aromatic carbocycles. The summed E-state index contributed by atoms with van der Waals surface area (Å²) in [6.07, 6.45) is 9.93. The summed E-state index contributed by atoms with van der Waals surface area (Å²) in [4.78, 5) is 0. The summed E-state index contributed by atoms with van der Waals surface area (Å²) >= 11 is 0. The number of allylic oxidation sites excluding steroid dienone is 4. The van der Waals surface area contributed by atoms with Crippen LogP contribution < -0.4 is 0 Å². The Morgan fingerprint density at radius 3 is 2.73 bits per heavy atom. The molecule has 0 aliphatic rings. The number of hydrogen-bond donors (Lipinski definition) is 1. The monoisotopic (exact) mass is 223 g/mol. The fourth-order valence-electron chi connectivity index (χ4n) is 0.351. The van der Waals surface area contributed by atoms with Gasteiger partial charge in [-0.25, -0.2) is 17.9 Å². The Kier molecular flexibility index (Phi) is 15.9. The van der Waals surface area contributed by atoms with Crippen LogP contribution in [-0.4, -0.2) is 11.7 Å². The molecule has 0 heterocycles. The number of rotatable bonds is 2. The molecular formula is C9H10OY-2. The number of aliphatic hydroxyl groups excluding tert-OH is 1. The van der Waals surface area contributed by atoms with E-state index in [0.717, 1.165) is 6.42 Å². The quantitative estimate of drug-likeness (QED) is 0.422. The van der Waals surface area contributed by atoms with E-state index in [4.69, 9.17) is 5.11 Å². The summed E-state index contributed by atoms with van der Waals surface area (Å²) in [6.45, 7) is 1.89. The molecular weight excluding hydrogens is 213 g/mol. The molecule has 57 valence electrons. The molecule has 0 aliphatic carbocycles. The molecule has 0 aromatic heterocycles. The average Bonchev–Trinajstić information content (AvgIpc) is 1.97. The van der Waals surface area contributed by atoms with Crippen molar-refractivity contribution in [3.63, 3.8) is 0 Å². The van der Waals surface area contributed by atoms with E-state index in [9.17, 15) is 0 Å². The number of hydrogen-bond acceptors (Lipinski definition) is 1. The summed E-state index contributed by atoms with van der Waals surface area (Å²) in [7, 11) is 0. The van der Waals surface area contributed by atoms with Gasteiger partial charge in [0.05, 0.1) is 0 Å². The van der Waals surface area contributed by atoms with E-state index >= 15 is 0 Å². The second-order valence-electron chi connectivity index (χ2n) is 1.50. The van der Waals surface area contributed by atoms with E-state index < -0.39 is 0 Å². The van der Waals surface area contributed by atoms with Crippen LogP contribution in [0.4, 0.5) is 0 Å². The van der Waals surface area contributed by atoms with Crippen LogP contribution in [0.15, 0.2) is 12.2 Å². The third kappa shape index (κ3) is 13.1. The Balaban J connectivity index is 0. The van der Waals surface area contributed by atoms with Crippen molar-refractivity contribution < 1.29 is 37.8 Å². The van der Waals surface area contributed by atoms with Crippen molar-refractivity contribution in [3.05, 3.63) is 24.3 Å². The van der Waals surface area contributed by atoms with Crippen LogP contribution in [0.1, 0.15) is 13.3 Å². The van der Waals surface area contributed by atoms with Crippen molar-refractivity contribution in [1.29, 1.82) is 0 Å². The summed E-state index contributed by atoms with van der Waals surface area (Å²) < 4.78 is 0. The van der Waals surface area contributed by atoms with Gasteiger partial charge in [0.1, 0.15) is 0 Å². The first-order chi connectivity index (χ1) is 4.91. The zero-order chi connectivity index (χ0) is 7.66. The van der Waals surface area contributed by atoms with E-state index in [2.05, 4.69) is 24.0 Å². The predicted octanol–water partition coefficient (Wildman–Crippen LogP) is 1.11. The van der Waals surface area contributed by atoms with E-state index in [1.54, 1.807) is 12.2 Å². The van der Waals surface area contributed by atoms with Gasteiger partial charge in [-0.2, -0.15) is 0 Å². The van der Waals surface area contributed by atoms with Crippen molar-refractivity contribution in [2.45, 2.75) is 13.3 Å². The smallest absolute Gasteiger partial charge is 0.0490 e. The maximum Gasteiger partial charge on any atom is 0.0490 e. The van der Waals surface area contributed by atoms with Crippen LogP contribution in [0.5, 0.6) is 0 Å². The fraction of sp³-hybridized carbons (Fsp3) is 0.333. The Hall–Kier alpha value is 0.104. The minimum Gasteiger partial charge on any atom is -0.398 e. The minimum absolute atomic E-state index is 0. The van der Waals surface area contributed by atoms with Gasteiger partial charge in [-0.1, -0.05) is 6.92 Å². The van der Waals surface area contributed by atoms with Crippen LogP contribution in [0.25, 0.3) is 0 Å². The molecule has 11 heavy (non-hydrogen) atoms. The molecule has 0 unspecified atom stereocenters. The van der Waals surface area contributed by atoms with Gasteiger partial charge in [0.15, 0.2) is 0 Å². The van der Waals surface area contributed by atoms with Gasteiger partial charge in [-0.15, -0.1) is 6.42 Å². The normalized spacial score (nSPS) is 9.27. The third-order valence-electron chi connectivity index (χ3n) is 0.728. The molecule has 0 amide bonds. The topological polar surface area (TPSA) is 20.2 Å². The van der Waals surface area contributed by atoms with Gasteiger partial charge in [-0.05, 0) is 0 Å². The Morgan fingerprint density at radius 1 is 1.45 bits per heavy atom. The van der Waals surface area contributed by atoms with Gasteiger partial charge in [0.2, 0.25) is 0 Å². The van der Waals surface area contributed by atoms with Crippen LogP contribution >= 0.6 is 0 Å². The number of aliphatic hydroxyl groups is 1. The van der Waals surface area contributed by atoms with Crippen molar-refractivity contribution in [2.75, 3.05) is 6.61 Å². The van der Waals surface area contributed by atoms with E-state index in [1.807, 2.05) is 6.92 Å². The van der Waals surface area contributed by atoms with Gasteiger partial charge in [0, 0.05) is 39.3 Å². The van der Waals surface area contributed by atoms with E-state index in [1.165, 1.54) is 0 Å². The molecule has 1 nitrogen and oxygen atoms in total. The summed E-state index contributed by atoms with van der Waals surface area (Å²) in [5.41, 5.74) is 0. The van der Waals surface area contributed by atoms with Crippen LogP contribution in [0, 0.1) is 24.0 Å². The third-order valence-corrected chi connectivity index (χ3v) is 0.728. The summed E-state index contributed by atoms with van der Waals surface area (Å²) in [5.74, 6) is 4.96. The molecule has 0 aromatic rings. The molecule has 0 saturated carbocycles. The molecule has 0 atom stereocenters. The standard InChI is InChI=1S/C9H10O.Y/c1-2-3-4-5-6-7-8-9-10;/h4-5,10H,2,9H2,1H3;/q-2;. The van der Waals surface area contributed by atoms with Gasteiger partial charge in [0.25, 0.3) is 0 Å². The molecule has 0 spiro atoms. The Labute approximate surface area is 93.5 Å². The van der Waals surface area contributed by atoms with Gasteiger partial charge >= 0.3 is 0 Å². The van der Waals surface area contributed by atoms with Crippen molar-refractivity contribution >= 4 is 0 Å². The summed E-state index contributed by atoms with van der Waals surface area (Å²) in [5, 5.41) is 8.22. The van der Waals surface area contributed by atoms with Gasteiger partial charge in [-0.3, -0.25) is 0 Å². The zero-order valence-corrected chi connectivity index (χ0v) is 9.43. The van der Waals surface area contributed by atoms with Crippen LogP contribution in [0.2, 0.25) is 0 Å². The SMILES string of the molecule is CC[C-]=CC=[C-]C#CCO.[Y]. The van der Waals surface area contributed by atoms with Crippen LogP contribution in [-0.2, 0) is 32.7 Å². The molecule has 0 aliphatic heterocycles. The predicted molar refractivity (Wildman–Crippen MR) is 40.8 cm³/mol. The fourth-order valence-corrected chi connectivity index (χ4v) is 0.351. The molecule has 2 heteroatoms. The molecule has 0 saturated heterocycles. The first-order valence-electron chi connectivity index (χ1n) is 3.14. The van der Waals surface area contributed by atoms with Crippen molar-refractivity contribution in [2.24, 2.45) is 0 Å². The first kappa shape index (κ1) is 13.7. The Morgan fingerprint density at radius 2 is 2.18 bits per heavy atom. The van der Waals surface area contributed by atoms with Crippen LogP contribution in [0.3, 0.4) is 0 Å². The largest absolute Gasteiger partial charge is 0.398 e. The second-order valence-corrected chi connectivity index (χ2v) is 1.50. The average molecular weight is 223 g/mol. The minimum atomic E-state index is -0.109. The molecule has 1 radical (unpaired) electrons. The zero-order valence-electron chi connectivity index (χ0n) is 6.59.